The van der Waals surface area contributed by atoms with Crippen molar-refractivity contribution in [3.05, 3.63) is 11.8 Å². The van der Waals surface area contributed by atoms with Gasteiger partial charge in [-0.3, -0.25) is 0 Å². The maximum absolute atomic E-state index is 10.8. The van der Waals surface area contributed by atoms with Gasteiger partial charge in [0.2, 0.25) is 0 Å². The average Bonchev–Trinajstić information content (AvgIpc) is 2.11. The highest BCUT2D eigenvalue weighted by Crippen LogP contribution is 2.08. The molecular weight excluding hydrogens is 509 g/mol. The van der Waals surface area contributed by atoms with E-state index in [1.54, 1.807) is 0 Å². The second-order valence-electron chi connectivity index (χ2n) is 1.35. The molecule has 68 valence electrons. The number of carbonyl (C=O) groups is 2. The number of carbonyl (C=O) groups excluding carboxylic acids is 2. The Morgan fingerprint density at radius 3 is 1.67 bits per heavy atom. The molecule has 0 rings (SSSR count). The van der Waals surface area contributed by atoms with Crippen LogP contribution in [0.5, 0.6) is 0 Å². The smallest absolute Gasteiger partial charge is 0.358 e. The van der Waals surface area contributed by atoms with Crippen LogP contribution in [0.4, 0.5) is 0 Å². The molecule has 0 aromatic rings. The van der Waals surface area contributed by atoms with Crippen molar-refractivity contribution >= 4 is 81.0 Å². The topological polar surface area (TPSA) is 61.8 Å². The zero-order valence-electron chi connectivity index (χ0n) is 5.25. The number of hydrogen-bond donors (Lipinski definition) is 0. The third-order valence-electron chi connectivity index (χ3n) is 0.742. The summed E-state index contributed by atoms with van der Waals surface area (Å²) in [5.74, 6) is -1.62. The van der Waals surface area contributed by atoms with Crippen LogP contribution in [-0.2, 0) is 18.8 Å². The molecule has 0 saturated heterocycles. The van der Waals surface area contributed by atoms with Gasteiger partial charge in [0.25, 0.3) is 0 Å². The number of halogens is 3. The first-order chi connectivity index (χ1) is 5.67. The molecule has 0 spiro atoms. The number of rotatable bonds is 3. The Labute approximate surface area is 110 Å². The summed E-state index contributed by atoms with van der Waals surface area (Å²) in [7, 11) is 0. The minimum Gasteiger partial charge on any atom is -0.434 e. The summed E-state index contributed by atoms with van der Waals surface area (Å²) in [6.07, 6.45) is 0.947. The van der Waals surface area contributed by atoms with Gasteiger partial charge in [-0.15, -0.1) is 0 Å². The van der Waals surface area contributed by atoms with Crippen LogP contribution in [0.1, 0.15) is 0 Å². The summed E-state index contributed by atoms with van der Waals surface area (Å²) in [4.78, 5) is 21.6. The van der Waals surface area contributed by atoms with Gasteiger partial charge in [-0.2, -0.15) is 0 Å². The van der Waals surface area contributed by atoms with Gasteiger partial charge in [0.05, 0.1) is 0 Å². The van der Waals surface area contributed by atoms with Crippen LogP contribution >= 0.6 is 69.0 Å². The van der Waals surface area contributed by atoms with Crippen LogP contribution < -0.4 is 0 Å². The molecule has 0 aromatic carbocycles. The highest BCUT2D eigenvalue weighted by Gasteiger charge is 2.21. The Bertz CT molecular complexity index is 195. The van der Waals surface area contributed by atoms with Crippen molar-refractivity contribution < 1.29 is 18.8 Å². The molecule has 12 heavy (non-hydrogen) atoms. The van der Waals surface area contributed by atoms with Gasteiger partial charge in [0.15, 0.2) is 74.6 Å². The predicted molar refractivity (Wildman–Crippen MR) is 63.4 cm³/mol. The lowest BCUT2D eigenvalue weighted by atomic mass is 10.3. The van der Waals surface area contributed by atoms with Crippen molar-refractivity contribution in [3.63, 3.8) is 0 Å². The van der Waals surface area contributed by atoms with Gasteiger partial charge in [-0.1, -0.05) is 0 Å². The average molecular weight is 510 g/mol. The predicted octanol–water partition coefficient (Wildman–Crippen LogP) is 2.02. The lowest BCUT2D eigenvalue weighted by Gasteiger charge is -1.97. The molecule has 0 heterocycles. The van der Waals surface area contributed by atoms with Gasteiger partial charge < -0.3 is 9.20 Å². The van der Waals surface area contributed by atoms with Crippen molar-refractivity contribution in [1.82, 2.24) is 0 Å². The third kappa shape index (κ3) is 4.06. The Morgan fingerprint density at radius 2 is 1.42 bits per heavy atom. The van der Waals surface area contributed by atoms with E-state index >= 15 is 0 Å². The van der Waals surface area contributed by atoms with Crippen molar-refractivity contribution in [2.24, 2.45) is 0 Å². The molecule has 0 aliphatic rings. The van der Waals surface area contributed by atoms with E-state index in [1.807, 2.05) is 0 Å². The third-order valence-corrected chi connectivity index (χ3v) is 1.80. The fourth-order valence-electron chi connectivity index (χ4n) is 0.307. The van der Waals surface area contributed by atoms with Gasteiger partial charge >= 0.3 is 11.9 Å². The van der Waals surface area contributed by atoms with Crippen LogP contribution in [0.25, 0.3) is 0 Å². The molecule has 0 saturated carbocycles. The summed E-state index contributed by atoms with van der Waals surface area (Å²) < 4.78 is 13.0. The molecule has 0 fully saturated rings. The summed E-state index contributed by atoms with van der Waals surface area (Å²) in [6, 6.07) is 0. The zero-order valence-corrected chi connectivity index (χ0v) is 11.7. The van der Waals surface area contributed by atoms with Crippen LogP contribution in [-0.4, -0.2) is 11.9 Å². The van der Waals surface area contributed by atoms with E-state index in [2.05, 4.69) is 9.20 Å². The molecule has 5 nitrogen and oxygen atoms in total. The van der Waals surface area contributed by atoms with Crippen molar-refractivity contribution in [2.45, 2.75) is 0 Å². The van der Waals surface area contributed by atoms with Gasteiger partial charge in [-0.25, -0.2) is 9.59 Å². The first-order valence-corrected chi connectivity index (χ1v) is 4.95. The van der Waals surface area contributed by atoms with E-state index in [-0.39, 0.29) is 5.57 Å². The largest absolute Gasteiger partial charge is 0.434 e. The molecule has 0 unspecified atom stereocenters. The Morgan fingerprint density at radius 1 is 1.00 bits per heavy atom. The van der Waals surface area contributed by atoms with Crippen LogP contribution in [0.15, 0.2) is 11.8 Å². The summed E-state index contributed by atoms with van der Waals surface area (Å²) in [5.41, 5.74) is -0.298. The van der Waals surface area contributed by atoms with E-state index < -0.39 is 11.9 Å². The quantitative estimate of drug-likeness (QED) is 0.192. The normalized spacial score (nSPS) is 8.25. The molecular formula is C4HI3O5. The lowest BCUT2D eigenvalue weighted by molar-refractivity contribution is -0.134. The van der Waals surface area contributed by atoms with E-state index in [4.69, 9.17) is 0 Å². The molecule has 0 aromatic heterocycles. The van der Waals surface area contributed by atoms with Gasteiger partial charge in [0, 0.05) is 0 Å². The Hall–Kier alpha value is 0.670. The maximum Gasteiger partial charge on any atom is 0.358 e. The molecule has 0 N–H and O–H groups in total. The van der Waals surface area contributed by atoms with Crippen LogP contribution in [0.3, 0.4) is 0 Å². The molecule has 0 amide bonds. The van der Waals surface area contributed by atoms with Crippen molar-refractivity contribution in [2.75, 3.05) is 0 Å². The summed E-state index contributed by atoms with van der Waals surface area (Å²) in [6.45, 7) is 0. The van der Waals surface area contributed by atoms with E-state index in [0.29, 0.717) is 0 Å². The van der Waals surface area contributed by atoms with E-state index in [9.17, 15) is 9.59 Å². The number of hydrogen-bond acceptors (Lipinski definition) is 5. The highest BCUT2D eigenvalue weighted by atomic mass is 127. The fourth-order valence-corrected chi connectivity index (χ4v) is 1.04. The molecule has 0 radical (unpaired) electrons. The SMILES string of the molecule is O=C(OI)C(=COI)C(=O)OI. The van der Waals surface area contributed by atoms with Gasteiger partial charge in [-0.05, 0) is 0 Å². The molecule has 8 heteroatoms. The first-order valence-electron chi connectivity index (χ1n) is 2.30. The summed E-state index contributed by atoms with van der Waals surface area (Å²) in [5, 5.41) is 0. The molecule has 0 aliphatic carbocycles. The van der Waals surface area contributed by atoms with E-state index in [1.165, 1.54) is 69.0 Å². The standard InChI is InChI=1S/C4HI3O5/c5-10-1-2(3(8)11-6)4(9)12-7/h1H. The second kappa shape index (κ2) is 7.11. The van der Waals surface area contributed by atoms with Crippen LogP contribution in [0.2, 0.25) is 0 Å². The summed E-state index contributed by atoms with van der Waals surface area (Å²) >= 11 is 4.22. The molecule has 0 atom stereocenters. The highest BCUT2D eigenvalue weighted by molar-refractivity contribution is 14.1. The minimum absolute atomic E-state index is 0.298. The monoisotopic (exact) mass is 510 g/mol. The lowest BCUT2D eigenvalue weighted by Crippen LogP contribution is -2.12. The van der Waals surface area contributed by atoms with Crippen LogP contribution in [0, 0.1) is 0 Å². The Balaban J connectivity index is 4.55. The molecule has 0 bridgehead atoms. The second-order valence-corrected chi connectivity index (χ2v) is 2.74. The Kier molecular flexibility index (Phi) is 7.51. The van der Waals surface area contributed by atoms with Crippen molar-refractivity contribution in [3.8, 4) is 0 Å². The maximum atomic E-state index is 10.8. The van der Waals surface area contributed by atoms with Gasteiger partial charge in [0.1, 0.15) is 6.26 Å². The fraction of sp³-hybridized carbons (Fsp3) is 0. The van der Waals surface area contributed by atoms with Crippen molar-refractivity contribution in [1.29, 1.82) is 0 Å². The minimum atomic E-state index is -0.811. The molecule has 0 aliphatic heterocycles. The first kappa shape index (κ1) is 12.7. The van der Waals surface area contributed by atoms with E-state index in [0.717, 1.165) is 6.26 Å². The zero-order chi connectivity index (χ0) is 9.56.